The zero-order valence-corrected chi connectivity index (χ0v) is 17.9. The van der Waals surface area contributed by atoms with E-state index in [0.717, 1.165) is 24.2 Å². The van der Waals surface area contributed by atoms with Crippen molar-refractivity contribution in [3.63, 3.8) is 0 Å². The van der Waals surface area contributed by atoms with Gasteiger partial charge in [-0.25, -0.2) is 0 Å². The van der Waals surface area contributed by atoms with Gasteiger partial charge < -0.3 is 9.47 Å². The second-order valence-electron chi connectivity index (χ2n) is 10.7. The van der Waals surface area contributed by atoms with E-state index in [1.165, 1.54) is 38.5 Å². The summed E-state index contributed by atoms with van der Waals surface area (Å²) in [6, 6.07) is 0. The summed E-state index contributed by atoms with van der Waals surface area (Å²) in [6.45, 7) is 10.3. The highest BCUT2D eigenvalue weighted by molar-refractivity contribution is 5.75. The summed E-state index contributed by atoms with van der Waals surface area (Å²) in [4.78, 5) is 24.5. The molecule has 0 radical (unpaired) electrons. The van der Waals surface area contributed by atoms with E-state index < -0.39 is 11.0 Å². The van der Waals surface area contributed by atoms with E-state index >= 15 is 0 Å². The van der Waals surface area contributed by atoms with E-state index in [1.807, 2.05) is 20.8 Å². The van der Waals surface area contributed by atoms with Crippen LogP contribution in [-0.2, 0) is 19.1 Å². The lowest BCUT2D eigenvalue weighted by Crippen LogP contribution is -2.57. The average Bonchev–Trinajstić information content (AvgIpc) is 2.56. The molecule has 0 aromatic heterocycles. The Morgan fingerprint density at radius 2 is 1.48 bits per heavy atom. The maximum atomic E-state index is 12.5. The minimum atomic E-state index is -0.457. The van der Waals surface area contributed by atoms with Crippen LogP contribution in [0, 0.1) is 28.6 Å². The van der Waals surface area contributed by atoms with E-state index in [4.69, 9.17) is 9.47 Å². The first kappa shape index (κ1) is 20.7. The SMILES string of the molecule is CCC(C)(C)C(=O)OCCCC(=O)OC(C)(C)C12CC3CC(CC(C3)C1)C2. The molecule has 4 bridgehead atoms. The van der Waals surface area contributed by atoms with Gasteiger partial charge in [-0.3, -0.25) is 9.59 Å². The van der Waals surface area contributed by atoms with Crippen LogP contribution < -0.4 is 0 Å². The molecular formula is C23H38O4. The van der Waals surface area contributed by atoms with Gasteiger partial charge >= 0.3 is 11.9 Å². The Labute approximate surface area is 164 Å². The van der Waals surface area contributed by atoms with Gasteiger partial charge in [0.1, 0.15) is 5.60 Å². The van der Waals surface area contributed by atoms with Gasteiger partial charge in [-0.2, -0.15) is 0 Å². The number of rotatable bonds is 8. The Morgan fingerprint density at radius 1 is 0.963 bits per heavy atom. The maximum absolute atomic E-state index is 12.5. The highest BCUT2D eigenvalue weighted by atomic mass is 16.6. The van der Waals surface area contributed by atoms with E-state index in [0.29, 0.717) is 12.8 Å². The summed E-state index contributed by atoms with van der Waals surface area (Å²) >= 11 is 0. The molecule has 154 valence electrons. The first-order valence-corrected chi connectivity index (χ1v) is 11.0. The fraction of sp³-hybridized carbons (Fsp3) is 0.913. The lowest BCUT2D eigenvalue weighted by atomic mass is 9.46. The first-order valence-electron chi connectivity index (χ1n) is 11.0. The summed E-state index contributed by atoms with van der Waals surface area (Å²) < 4.78 is 11.4. The molecular weight excluding hydrogens is 340 g/mol. The number of carbonyl (C=O) groups excluding carboxylic acids is 2. The van der Waals surface area contributed by atoms with Crippen molar-refractivity contribution in [3.05, 3.63) is 0 Å². The van der Waals surface area contributed by atoms with Crippen LogP contribution >= 0.6 is 0 Å². The van der Waals surface area contributed by atoms with Gasteiger partial charge in [0.2, 0.25) is 0 Å². The van der Waals surface area contributed by atoms with Crippen molar-refractivity contribution >= 4 is 11.9 Å². The summed E-state index contributed by atoms with van der Waals surface area (Å²) in [5.74, 6) is 2.19. The van der Waals surface area contributed by atoms with Crippen LogP contribution in [0.15, 0.2) is 0 Å². The van der Waals surface area contributed by atoms with Gasteiger partial charge in [-0.05, 0) is 96.8 Å². The molecule has 0 aromatic rings. The van der Waals surface area contributed by atoms with Gasteiger partial charge in [-0.15, -0.1) is 0 Å². The lowest BCUT2D eigenvalue weighted by Gasteiger charge is -2.61. The minimum absolute atomic E-state index is 0.151. The van der Waals surface area contributed by atoms with Gasteiger partial charge in [0, 0.05) is 11.8 Å². The van der Waals surface area contributed by atoms with E-state index in [9.17, 15) is 9.59 Å². The van der Waals surface area contributed by atoms with Crippen LogP contribution in [0.4, 0.5) is 0 Å². The van der Waals surface area contributed by atoms with Crippen LogP contribution in [0.2, 0.25) is 0 Å². The predicted molar refractivity (Wildman–Crippen MR) is 105 cm³/mol. The molecule has 4 saturated carbocycles. The minimum Gasteiger partial charge on any atom is -0.465 e. The Morgan fingerprint density at radius 3 is 1.96 bits per heavy atom. The second kappa shape index (κ2) is 7.40. The van der Waals surface area contributed by atoms with Crippen LogP contribution in [0.5, 0.6) is 0 Å². The zero-order valence-electron chi connectivity index (χ0n) is 17.9. The van der Waals surface area contributed by atoms with Crippen molar-refractivity contribution in [2.24, 2.45) is 28.6 Å². The largest absolute Gasteiger partial charge is 0.465 e. The number of esters is 2. The van der Waals surface area contributed by atoms with Crippen LogP contribution in [0.1, 0.15) is 92.4 Å². The fourth-order valence-corrected chi connectivity index (χ4v) is 6.01. The molecule has 4 fully saturated rings. The van der Waals surface area contributed by atoms with E-state index in [2.05, 4.69) is 13.8 Å². The van der Waals surface area contributed by atoms with Gasteiger partial charge in [0.15, 0.2) is 0 Å². The van der Waals surface area contributed by atoms with Gasteiger partial charge in [0.05, 0.1) is 12.0 Å². The lowest BCUT2D eigenvalue weighted by molar-refractivity contribution is -0.199. The molecule has 0 amide bonds. The smallest absolute Gasteiger partial charge is 0.311 e. The molecule has 0 aliphatic heterocycles. The summed E-state index contributed by atoms with van der Waals surface area (Å²) in [6.07, 6.45) is 9.44. The third kappa shape index (κ3) is 4.19. The highest BCUT2D eigenvalue weighted by Gasteiger charge is 2.58. The Balaban J connectivity index is 1.47. The Bertz CT molecular complexity index is 540. The van der Waals surface area contributed by atoms with Gasteiger partial charge in [0.25, 0.3) is 0 Å². The van der Waals surface area contributed by atoms with Crippen molar-refractivity contribution in [2.45, 2.75) is 98.0 Å². The summed E-state index contributed by atoms with van der Waals surface area (Å²) in [5, 5.41) is 0. The van der Waals surface area contributed by atoms with Crippen molar-refractivity contribution in [1.29, 1.82) is 0 Å². The summed E-state index contributed by atoms with van der Waals surface area (Å²) in [7, 11) is 0. The third-order valence-electron chi connectivity index (χ3n) is 7.88. The Kier molecular flexibility index (Phi) is 5.67. The molecule has 4 nitrogen and oxygen atoms in total. The Hall–Kier alpha value is -1.06. The van der Waals surface area contributed by atoms with Crippen molar-refractivity contribution < 1.29 is 19.1 Å². The molecule has 4 aliphatic carbocycles. The third-order valence-corrected chi connectivity index (χ3v) is 7.88. The molecule has 0 unspecified atom stereocenters. The molecule has 4 heteroatoms. The monoisotopic (exact) mass is 378 g/mol. The average molecular weight is 379 g/mol. The number of hydrogen-bond acceptors (Lipinski definition) is 4. The first-order chi connectivity index (χ1) is 12.6. The fourth-order valence-electron chi connectivity index (χ4n) is 6.01. The van der Waals surface area contributed by atoms with Crippen LogP contribution in [-0.4, -0.2) is 24.1 Å². The number of carbonyl (C=O) groups is 2. The normalized spacial score (nSPS) is 32.4. The second-order valence-corrected chi connectivity index (χ2v) is 10.7. The molecule has 27 heavy (non-hydrogen) atoms. The van der Waals surface area contributed by atoms with E-state index in [-0.39, 0.29) is 24.0 Å². The molecule has 0 atom stereocenters. The molecule has 0 N–H and O–H groups in total. The molecule has 4 rings (SSSR count). The van der Waals surface area contributed by atoms with Gasteiger partial charge in [-0.1, -0.05) is 6.92 Å². The molecule has 0 saturated heterocycles. The topological polar surface area (TPSA) is 52.6 Å². The molecule has 0 aromatic carbocycles. The molecule has 0 heterocycles. The highest BCUT2D eigenvalue weighted by Crippen LogP contribution is 2.64. The van der Waals surface area contributed by atoms with E-state index in [1.54, 1.807) is 0 Å². The van der Waals surface area contributed by atoms with Crippen LogP contribution in [0.3, 0.4) is 0 Å². The zero-order chi connectivity index (χ0) is 19.9. The van der Waals surface area contributed by atoms with Crippen molar-refractivity contribution in [1.82, 2.24) is 0 Å². The summed E-state index contributed by atoms with van der Waals surface area (Å²) in [5.41, 5.74) is -0.684. The molecule has 4 aliphatic rings. The maximum Gasteiger partial charge on any atom is 0.311 e. The van der Waals surface area contributed by atoms with Crippen molar-refractivity contribution in [2.75, 3.05) is 6.61 Å². The van der Waals surface area contributed by atoms with Crippen LogP contribution in [0.25, 0.3) is 0 Å². The predicted octanol–water partition coefficient (Wildman–Crippen LogP) is 5.28. The standard InChI is InChI=1S/C23H38O4/c1-6-21(2,3)20(25)26-9-7-8-19(24)27-22(4,5)23-13-16-10-17(14-23)12-18(11-16)15-23/h16-18H,6-15H2,1-5H3. The molecule has 0 spiro atoms. The van der Waals surface area contributed by atoms with Crippen molar-refractivity contribution in [3.8, 4) is 0 Å². The number of hydrogen-bond donors (Lipinski definition) is 0. The number of ether oxygens (including phenoxy) is 2. The quantitative estimate of drug-likeness (QED) is 0.426.